The predicted molar refractivity (Wildman–Crippen MR) is 52.0 cm³/mol. The molecule has 0 spiro atoms. The van der Waals surface area contributed by atoms with E-state index in [4.69, 9.17) is 6.42 Å². The van der Waals surface area contributed by atoms with Crippen LogP contribution >= 0.6 is 0 Å². The van der Waals surface area contributed by atoms with Gasteiger partial charge in [0.2, 0.25) is 0 Å². The van der Waals surface area contributed by atoms with Crippen LogP contribution in [0.4, 0.5) is 0 Å². The second kappa shape index (κ2) is 3.73. The van der Waals surface area contributed by atoms with E-state index in [1.54, 1.807) is 10.9 Å². The molecule has 1 fully saturated rings. The molecule has 0 N–H and O–H groups in total. The zero-order valence-electron chi connectivity index (χ0n) is 8.38. The van der Waals surface area contributed by atoms with Crippen LogP contribution in [0.25, 0.3) is 0 Å². The molecule has 78 valence electrons. The summed E-state index contributed by atoms with van der Waals surface area (Å²) in [6, 6.07) is 0.275. The number of terminal acetylenes is 1. The lowest BCUT2D eigenvalue weighted by Crippen LogP contribution is -2.26. The minimum absolute atomic E-state index is 0.238. The summed E-state index contributed by atoms with van der Waals surface area (Å²) in [5.74, 6) is 2.56. The molecule has 1 aliphatic carbocycles. The molecule has 0 amide bonds. The first kappa shape index (κ1) is 9.71. The van der Waals surface area contributed by atoms with Gasteiger partial charge in [-0.3, -0.25) is 0 Å². The Morgan fingerprint density at radius 2 is 2.47 bits per heavy atom. The number of nitrogens with zero attached hydrogens (tertiary/aromatic N) is 3. The number of hydrogen-bond donors (Lipinski definition) is 0. The van der Waals surface area contributed by atoms with Crippen LogP contribution in [0.2, 0.25) is 0 Å². The third kappa shape index (κ3) is 1.71. The lowest BCUT2D eigenvalue weighted by atomic mass is 9.81. The van der Waals surface area contributed by atoms with Gasteiger partial charge in [0.1, 0.15) is 0 Å². The summed E-state index contributed by atoms with van der Waals surface area (Å²) in [6.45, 7) is 0. The van der Waals surface area contributed by atoms with Gasteiger partial charge in [0.25, 0.3) is 0 Å². The van der Waals surface area contributed by atoms with Crippen molar-refractivity contribution in [1.29, 1.82) is 0 Å². The lowest BCUT2D eigenvalue weighted by Gasteiger charge is -2.31. The number of carbonyl (C=O) groups is 1. The summed E-state index contributed by atoms with van der Waals surface area (Å²) < 4.78 is 6.22. The van der Waals surface area contributed by atoms with E-state index in [0.717, 1.165) is 12.8 Å². The van der Waals surface area contributed by atoms with Crippen molar-refractivity contribution in [3.05, 3.63) is 11.9 Å². The van der Waals surface area contributed by atoms with Crippen molar-refractivity contribution in [3.8, 4) is 12.3 Å². The van der Waals surface area contributed by atoms with Crippen LogP contribution in [0.5, 0.6) is 0 Å². The van der Waals surface area contributed by atoms with Gasteiger partial charge in [-0.1, -0.05) is 5.21 Å². The first-order chi connectivity index (χ1) is 7.24. The van der Waals surface area contributed by atoms with Crippen molar-refractivity contribution < 1.29 is 9.53 Å². The summed E-state index contributed by atoms with van der Waals surface area (Å²) in [5, 5.41) is 7.60. The molecule has 1 aliphatic rings. The van der Waals surface area contributed by atoms with Gasteiger partial charge in [-0.2, -0.15) is 0 Å². The van der Waals surface area contributed by atoms with Crippen LogP contribution < -0.4 is 0 Å². The van der Waals surface area contributed by atoms with Crippen molar-refractivity contribution in [2.24, 2.45) is 5.92 Å². The van der Waals surface area contributed by atoms with Crippen molar-refractivity contribution >= 4 is 5.97 Å². The summed E-state index contributed by atoms with van der Waals surface area (Å²) >= 11 is 0. The van der Waals surface area contributed by atoms with Gasteiger partial charge >= 0.3 is 5.97 Å². The fraction of sp³-hybridized carbons (Fsp3) is 0.500. The van der Waals surface area contributed by atoms with Gasteiger partial charge in [0.15, 0.2) is 5.69 Å². The molecule has 2 rings (SSSR count). The molecule has 0 bridgehead atoms. The largest absolute Gasteiger partial charge is 0.464 e. The van der Waals surface area contributed by atoms with E-state index < -0.39 is 5.97 Å². The number of ether oxygens (including phenoxy) is 1. The van der Waals surface area contributed by atoms with Crippen molar-refractivity contribution in [3.63, 3.8) is 0 Å². The molecule has 5 nitrogen and oxygen atoms in total. The molecule has 1 heterocycles. The Labute approximate surface area is 87.4 Å². The van der Waals surface area contributed by atoms with Gasteiger partial charge in [-0.05, 0) is 12.8 Å². The van der Waals surface area contributed by atoms with Crippen LogP contribution in [0.15, 0.2) is 6.20 Å². The third-order valence-electron chi connectivity index (χ3n) is 2.63. The summed E-state index contributed by atoms with van der Waals surface area (Å²) in [5.41, 5.74) is 0.238. The van der Waals surface area contributed by atoms with Gasteiger partial charge in [0, 0.05) is 5.92 Å². The molecule has 1 aromatic heterocycles. The Hall–Kier alpha value is -1.83. The highest BCUT2D eigenvalue weighted by Crippen LogP contribution is 2.36. The quantitative estimate of drug-likeness (QED) is 0.525. The topological polar surface area (TPSA) is 57.0 Å². The van der Waals surface area contributed by atoms with Crippen molar-refractivity contribution in [2.45, 2.75) is 18.9 Å². The van der Waals surface area contributed by atoms with Gasteiger partial charge < -0.3 is 4.74 Å². The maximum Gasteiger partial charge on any atom is 0.360 e. The number of hydrogen-bond acceptors (Lipinski definition) is 4. The molecular weight excluding hydrogens is 194 g/mol. The van der Waals surface area contributed by atoms with E-state index in [1.807, 2.05) is 0 Å². The summed E-state index contributed by atoms with van der Waals surface area (Å²) in [7, 11) is 1.32. The first-order valence-corrected chi connectivity index (χ1v) is 4.71. The number of aromatic nitrogens is 3. The van der Waals surface area contributed by atoms with E-state index in [-0.39, 0.29) is 11.7 Å². The highest BCUT2D eigenvalue weighted by Gasteiger charge is 2.30. The molecule has 0 aromatic carbocycles. The normalized spacial score (nSPS) is 24.0. The standard InChI is InChI=1S/C10H11N3O2/c1-3-7-4-8(5-7)13-6-9(11-12-13)10(14)15-2/h1,6-8H,4-5H2,2H3. The smallest absolute Gasteiger partial charge is 0.360 e. The maximum atomic E-state index is 11.1. The Balaban J connectivity index is 2.03. The van der Waals surface area contributed by atoms with Gasteiger partial charge in [0.05, 0.1) is 19.3 Å². The van der Waals surface area contributed by atoms with Crippen LogP contribution in [0.3, 0.4) is 0 Å². The Morgan fingerprint density at radius 1 is 1.73 bits per heavy atom. The second-order valence-corrected chi connectivity index (χ2v) is 3.56. The van der Waals surface area contributed by atoms with E-state index >= 15 is 0 Å². The second-order valence-electron chi connectivity index (χ2n) is 3.56. The molecule has 15 heavy (non-hydrogen) atoms. The first-order valence-electron chi connectivity index (χ1n) is 4.71. The molecular formula is C10H11N3O2. The van der Waals surface area contributed by atoms with E-state index in [1.165, 1.54) is 7.11 Å². The molecule has 1 aromatic rings. The SMILES string of the molecule is C#CC1CC(n2cc(C(=O)OC)nn2)C1. The maximum absolute atomic E-state index is 11.1. The fourth-order valence-electron chi connectivity index (χ4n) is 1.59. The molecule has 1 saturated carbocycles. The van der Waals surface area contributed by atoms with E-state index in [9.17, 15) is 4.79 Å². The van der Waals surface area contributed by atoms with E-state index in [0.29, 0.717) is 5.92 Å². The lowest BCUT2D eigenvalue weighted by molar-refractivity contribution is 0.0594. The Morgan fingerprint density at radius 3 is 3.07 bits per heavy atom. The van der Waals surface area contributed by atoms with Crippen molar-refractivity contribution in [2.75, 3.05) is 7.11 Å². The molecule has 0 aliphatic heterocycles. The minimum atomic E-state index is -0.464. The zero-order valence-corrected chi connectivity index (χ0v) is 8.38. The fourth-order valence-corrected chi connectivity index (χ4v) is 1.59. The van der Waals surface area contributed by atoms with Crippen LogP contribution in [0.1, 0.15) is 29.4 Å². The monoisotopic (exact) mass is 205 g/mol. The average molecular weight is 205 g/mol. The van der Waals surface area contributed by atoms with Gasteiger partial charge in [-0.25, -0.2) is 9.48 Å². The molecule has 5 heteroatoms. The highest BCUT2D eigenvalue weighted by atomic mass is 16.5. The number of esters is 1. The van der Waals surface area contributed by atoms with Crippen LogP contribution in [-0.4, -0.2) is 28.1 Å². The zero-order chi connectivity index (χ0) is 10.8. The Kier molecular flexibility index (Phi) is 2.42. The predicted octanol–water partition coefficient (Wildman–Crippen LogP) is 0.649. The molecule has 0 saturated heterocycles. The number of methoxy groups -OCH3 is 1. The third-order valence-corrected chi connectivity index (χ3v) is 2.63. The Bertz CT molecular complexity index is 413. The summed E-state index contributed by atoms with van der Waals surface area (Å²) in [6.07, 6.45) is 8.69. The number of rotatable bonds is 2. The van der Waals surface area contributed by atoms with E-state index in [2.05, 4.69) is 21.0 Å². The van der Waals surface area contributed by atoms with Crippen LogP contribution in [0, 0.1) is 18.3 Å². The minimum Gasteiger partial charge on any atom is -0.464 e. The highest BCUT2D eigenvalue weighted by molar-refractivity contribution is 5.86. The number of carbonyl (C=O) groups excluding carboxylic acids is 1. The average Bonchev–Trinajstić information content (AvgIpc) is 2.64. The molecule has 0 unspecified atom stereocenters. The van der Waals surface area contributed by atoms with Crippen molar-refractivity contribution in [1.82, 2.24) is 15.0 Å². The molecule has 0 atom stereocenters. The van der Waals surface area contributed by atoms with Crippen LogP contribution in [-0.2, 0) is 4.74 Å². The summed E-state index contributed by atoms with van der Waals surface area (Å²) in [4.78, 5) is 11.1. The van der Waals surface area contributed by atoms with Gasteiger partial charge in [-0.15, -0.1) is 17.4 Å². The molecule has 0 radical (unpaired) electrons.